The molecule has 7 nitrogen and oxygen atoms in total. The fraction of sp³-hybridized carbons (Fsp3) is 0.440. The number of carbonyl (C=O) groups is 2. The Hall–Kier alpha value is -2.71. The Balaban J connectivity index is 1.43. The number of piperidine rings is 1. The van der Waals surface area contributed by atoms with Crippen LogP contribution >= 0.6 is 0 Å². The van der Waals surface area contributed by atoms with E-state index in [2.05, 4.69) is 5.32 Å². The normalized spacial score (nSPS) is 19.6. The van der Waals surface area contributed by atoms with Crippen molar-refractivity contribution >= 4 is 27.5 Å². The highest BCUT2D eigenvalue weighted by molar-refractivity contribution is 7.89. The van der Waals surface area contributed by atoms with Crippen LogP contribution in [-0.2, 0) is 26.2 Å². The molecule has 176 valence electrons. The molecule has 0 aromatic heterocycles. The molecule has 1 N–H and O–H groups in total. The summed E-state index contributed by atoms with van der Waals surface area (Å²) in [5.41, 5.74) is 3.27. The number of hydrogen-bond donors (Lipinski definition) is 1. The zero-order chi connectivity index (χ0) is 23.6. The molecule has 2 amide bonds. The van der Waals surface area contributed by atoms with Crippen molar-refractivity contribution < 1.29 is 18.0 Å². The first kappa shape index (κ1) is 23.4. The molecule has 2 aliphatic rings. The highest BCUT2D eigenvalue weighted by Gasteiger charge is 2.34. The maximum atomic E-state index is 13.1. The van der Waals surface area contributed by atoms with Gasteiger partial charge in [0.15, 0.2) is 0 Å². The van der Waals surface area contributed by atoms with E-state index in [9.17, 15) is 18.0 Å². The van der Waals surface area contributed by atoms with Gasteiger partial charge in [-0.3, -0.25) is 9.59 Å². The van der Waals surface area contributed by atoms with Crippen molar-refractivity contribution in [2.45, 2.75) is 51.0 Å². The molecule has 0 bridgehead atoms. The Morgan fingerprint density at radius 1 is 1.03 bits per heavy atom. The van der Waals surface area contributed by atoms with Gasteiger partial charge in [0.2, 0.25) is 21.8 Å². The highest BCUT2D eigenvalue weighted by atomic mass is 32.2. The van der Waals surface area contributed by atoms with Crippen LogP contribution in [0.1, 0.15) is 42.4 Å². The summed E-state index contributed by atoms with van der Waals surface area (Å²) >= 11 is 0. The Morgan fingerprint density at radius 2 is 1.73 bits per heavy atom. The summed E-state index contributed by atoms with van der Waals surface area (Å²) in [5, 5.41) is 2.84. The van der Waals surface area contributed by atoms with E-state index in [1.165, 1.54) is 10.4 Å². The average Bonchev–Trinajstić information content (AvgIpc) is 3.17. The van der Waals surface area contributed by atoms with Gasteiger partial charge < -0.3 is 10.2 Å². The molecule has 1 atom stereocenters. The van der Waals surface area contributed by atoms with Crippen molar-refractivity contribution in [2.24, 2.45) is 5.92 Å². The van der Waals surface area contributed by atoms with E-state index >= 15 is 0 Å². The molecule has 2 aromatic rings. The number of likely N-dealkylation sites (tertiary alicyclic amines) is 1. The highest BCUT2D eigenvalue weighted by Crippen LogP contribution is 2.27. The number of aryl methyl sites for hydroxylation is 2. The molecule has 0 saturated carbocycles. The molecule has 8 heteroatoms. The van der Waals surface area contributed by atoms with Crippen molar-refractivity contribution in [3.63, 3.8) is 0 Å². The molecule has 2 heterocycles. The Kier molecular flexibility index (Phi) is 6.86. The lowest BCUT2D eigenvalue weighted by Gasteiger charge is -2.26. The maximum absolute atomic E-state index is 13.1. The van der Waals surface area contributed by atoms with Crippen molar-refractivity contribution in [3.8, 4) is 0 Å². The minimum atomic E-state index is -3.61. The van der Waals surface area contributed by atoms with E-state index < -0.39 is 15.9 Å². The summed E-state index contributed by atoms with van der Waals surface area (Å²) in [6, 6.07) is 13.0. The van der Waals surface area contributed by atoms with Crippen molar-refractivity contribution in [1.82, 2.24) is 9.21 Å². The number of nitrogens with zero attached hydrogens (tertiary/aromatic N) is 2. The topological polar surface area (TPSA) is 86.8 Å². The molecular formula is C25H31N3O4S. The smallest absolute Gasteiger partial charge is 0.243 e. The van der Waals surface area contributed by atoms with Gasteiger partial charge in [-0.15, -0.1) is 0 Å². The summed E-state index contributed by atoms with van der Waals surface area (Å²) in [5.74, 6) is -0.778. The monoisotopic (exact) mass is 469 g/mol. The number of anilines is 1. The fourth-order valence-corrected chi connectivity index (χ4v) is 6.23. The second-order valence-corrected chi connectivity index (χ2v) is 11.0. The quantitative estimate of drug-likeness (QED) is 0.702. The van der Waals surface area contributed by atoms with Gasteiger partial charge in [-0.05, 0) is 49.9 Å². The zero-order valence-electron chi connectivity index (χ0n) is 19.2. The minimum Gasteiger partial charge on any atom is -0.338 e. The second-order valence-electron chi connectivity index (χ2n) is 9.10. The molecule has 4 rings (SSSR count). The van der Waals surface area contributed by atoms with E-state index in [4.69, 9.17) is 0 Å². The van der Waals surface area contributed by atoms with Crippen LogP contribution in [0.25, 0.3) is 0 Å². The van der Waals surface area contributed by atoms with Gasteiger partial charge in [-0.25, -0.2) is 8.42 Å². The predicted octanol–water partition coefficient (Wildman–Crippen LogP) is 3.47. The van der Waals surface area contributed by atoms with Crippen molar-refractivity contribution in [2.75, 3.05) is 25.0 Å². The molecule has 2 fully saturated rings. The molecule has 2 saturated heterocycles. The van der Waals surface area contributed by atoms with Crippen molar-refractivity contribution in [3.05, 3.63) is 59.2 Å². The molecular weight excluding hydrogens is 438 g/mol. The third kappa shape index (κ3) is 5.28. The summed E-state index contributed by atoms with van der Waals surface area (Å²) in [6.07, 6.45) is 2.93. The number of benzene rings is 2. The molecule has 33 heavy (non-hydrogen) atoms. The van der Waals surface area contributed by atoms with Gasteiger partial charge in [0.25, 0.3) is 0 Å². The predicted molar refractivity (Wildman–Crippen MR) is 127 cm³/mol. The number of sulfonamides is 1. The van der Waals surface area contributed by atoms with Crippen LogP contribution in [0.2, 0.25) is 0 Å². The van der Waals surface area contributed by atoms with Gasteiger partial charge in [0, 0.05) is 38.3 Å². The number of amides is 2. The molecule has 2 aromatic carbocycles. The number of carbonyl (C=O) groups excluding carboxylic acids is 2. The molecule has 0 unspecified atom stereocenters. The number of rotatable bonds is 6. The average molecular weight is 470 g/mol. The largest absolute Gasteiger partial charge is 0.338 e. The standard InChI is InChI=1S/C25H31N3O4S/c1-18-6-9-20(10-7-18)16-27-17-21(14-24(27)29)25(30)26-22-11-8-19(2)23(15-22)33(31,32)28-12-4-3-5-13-28/h6-11,15,21H,3-5,12-14,16-17H2,1-2H3,(H,26,30)/t21-/m1/s1. The van der Waals surface area contributed by atoms with Gasteiger partial charge in [-0.2, -0.15) is 4.31 Å². The van der Waals surface area contributed by atoms with Crippen LogP contribution in [0.5, 0.6) is 0 Å². The first-order valence-electron chi connectivity index (χ1n) is 11.5. The molecule has 0 radical (unpaired) electrons. The summed E-state index contributed by atoms with van der Waals surface area (Å²) < 4.78 is 27.8. The third-order valence-corrected chi connectivity index (χ3v) is 8.51. The SMILES string of the molecule is Cc1ccc(CN2C[C@H](C(=O)Nc3ccc(C)c(S(=O)(=O)N4CCCCC4)c3)CC2=O)cc1. The maximum Gasteiger partial charge on any atom is 0.243 e. The summed E-state index contributed by atoms with van der Waals surface area (Å²) in [4.78, 5) is 27.3. The number of nitrogens with one attached hydrogen (secondary N) is 1. The Labute approximate surface area is 195 Å². The van der Waals surface area contributed by atoms with E-state index in [1.54, 1.807) is 24.0 Å². The van der Waals surface area contributed by atoms with Crippen LogP contribution < -0.4 is 5.32 Å². The van der Waals surface area contributed by atoms with Gasteiger partial charge in [0.05, 0.1) is 10.8 Å². The minimum absolute atomic E-state index is 0.0482. The molecule has 0 spiro atoms. The van der Waals surface area contributed by atoms with Gasteiger partial charge >= 0.3 is 0 Å². The zero-order valence-corrected chi connectivity index (χ0v) is 20.0. The van der Waals surface area contributed by atoms with Crippen molar-refractivity contribution in [1.29, 1.82) is 0 Å². The van der Waals surface area contributed by atoms with E-state index in [-0.39, 0.29) is 23.1 Å². The van der Waals surface area contributed by atoms with E-state index in [0.29, 0.717) is 37.4 Å². The van der Waals surface area contributed by atoms with E-state index in [1.807, 2.05) is 31.2 Å². The van der Waals surface area contributed by atoms with Crippen LogP contribution in [-0.4, -0.2) is 49.1 Å². The Morgan fingerprint density at radius 3 is 2.42 bits per heavy atom. The summed E-state index contributed by atoms with van der Waals surface area (Å²) in [6.45, 7) is 5.66. The lowest BCUT2D eigenvalue weighted by atomic mass is 10.1. The van der Waals surface area contributed by atoms with Crippen LogP contribution in [0.15, 0.2) is 47.4 Å². The lowest BCUT2D eigenvalue weighted by Crippen LogP contribution is -2.36. The van der Waals surface area contributed by atoms with Crippen LogP contribution in [0, 0.1) is 19.8 Å². The second kappa shape index (κ2) is 9.65. The first-order chi connectivity index (χ1) is 15.7. The van der Waals surface area contributed by atoms with E-state index in [0.717, 1.165) is 30.4 Å². The van der Waals surface area contributed by atoms with Gasteiger partial charge in [-0.1, -0.05) is 42.3 Å². The lowest BCUT2D eigenvalue weighted by molar-refractivity contribution is -0.128. The molecule has 0 aliphatic carbocycles. The van der Waals surface area contributed by atoms with Crippen LogP contribution in [0.3, 0.4) is 0 Å². The first-order valence-corrected chi connectivity index (χ1v) is 12.9. The van der Waals surface area contributed by atoms with Gasteiger partial charge in [0.1, 0.15) is 0 Å². The number of hydrogen-bond acceptors (Lipinski definition) is 4. The molecule has 2 aliphatic heterocycles. The Bertz CT molecular complexity index is 1140. The summed E-state index contributed by atoms with van der Waals surface area (Å²) in [7, 11) is -3.61. The third-order valence-electron chi connectivity index (χ3n) is 6.47. The fourth-order valence-electron chi connectivity index (χ4n) is 4.46. The van der Waals surface area contributed by atoms with Crippen LogP contribution in [0.4, 0.5) is 5.69 Å².